The van der Waals surface area contributed by atoms with Gasteiger partial charge in [0.25, 0.3) is 5.91 Å². The van der Waals surface area contributed by atoms with Crippen molar-refractivity contribution in [2.45, 2.75) is 25.3 Å². The minimum atomic E-state index is -0.395. The summed E-state index contributed by atoms with van der Waals surface area (Å²) in [5.41, 5.74) is 0.591. The van der Waals surface area contributed by atoms with Crippen LogP contribution in [-0.2, 0) is 14.3 Å². The van der Waals surface area contributed by atoms with Crippen LogP contribution in [0, 0.1) is 0 Å². The number of carbonyl (C=O) groups excluding carboxylic acids is 3. The van der Waals surface area contributed by atoms with Gasteiger partial charge in [0.05, 0.1) is 19.6 Å². The van der Waals surface area contributed by atoms with Crippen molar-refractivity contribution in [2.75, 3.05) is 13.7 Å². The van der Waals surface area contributed by atoms with Crippen molar-refractivity contribution in [3.63, 3.8) is 0 Å². The van der Waals surface area contributed by atoms with E-state index in [0.717, 1.165) is 4.88 Å². The van der Waals surface area contributed by atoms with Crippen molar-refractivity contribution in [3.8, 4) is 0 Å². The number of ether oxygens (including phenoxy) is 1. The molecule has 7 heteroatoms. The second-order valence-electron chi connectivity index (χ2n) is 5.64. The van der Waals surface area contributed by atoms with Crippen molar-refractivity contribution >= 4 is 29.1 Å². The molecular formula is C19H22N2O4S. The van der Waals surface area contributed by atoms with Crippen molar-refractivity contribution in [2.24, 2.45) is 0 Å². The van der Waals surface area contributed by atoms with Gasteiger partial charge in [0.1, 0.15) is 0 Å². The van der Waals surface area contributed by atoms with E-state index < -0.39 is 6.04 Å². The topological polar surface area (TPSA) is 84.5 Å². The molecule has 2 N–H and O–H groups in total. The molecule has 26 heavy (non-hydrogen) atoms. The fraction of sp³-hybridized carbons (Fsp3) is 0.316. The number of thiophene rings is 1. The Morgan fingerprint density at radius 3 is 2.54 bits per heavy atom. The molecular weight excluding hydrogens is 352 g/mol. The van der Waals surface area contributed by atoms with Crippen LogP contribution in [0.1, 0.15) is 40.5 Å². The van der Waals surface area contributed by atoms with Crippen LogP contribution in [0.25, 0.3) is 0 Å². The molecule has 1 aromatic heterocycles. The number of amides is 2. The van der Waals surface area contributed by atoms with Gasteiger partial charge in [-0.1, -0.05) is 24.3 Å². The first-order chi connectivity index (χ1) is 12.6. The lowest BCUT2D eigenvalue weighted by molar-refractivity contribution is -0.141. The summed E-state index contributed by atoms with van der Waals surface area (Å²) in [7, 11) is 1.32. The normalized spacial score (nSPS) is 11.4. The van der Waals surface area contributed by atoms with E-state index in [-0.39, 0.29) is 30.6 Å². The lowest BCUT2D eigenvalue weighted by atomic mass is 10.1. The minimum Gasteiger partial charge on any atom is -0.469 e. The zero-order valence-corrected chi connectivity index (χ0v) is 15.4. The number of rotatable bonds is 9. The molecule has 1 aromatic carbocycles. The average molecular weight is 374 g/mol. The van der Waals surface area contributed by atoms with Crippen LogP contribution in [0.5, 0.6) is 0 Å². The van der Waals surface area contributed by atoms with E-state index >= 15 is 0 Å². The molecule has 0 saturated carbocycles. The Balaban J connectivity index is 1.75. The molecule has 2 aromatic rings. The second-order valence-corrected chi connectivity index (χ2v) is 6.62. The molecule has 0 saturated heterocycles. The molecule has 1 atom stereocenters. The van der Waals surface area contributed by atoms with Crippen molar-refractivity contribution in [3.05, 3.63) is 58.3 Å². The monoisotopic (exact) mass is 374 g/mol. The van der Waals surface area contributed by atoms with Gasteiger partial charge in [0.15, 0.2) is 0 Å². The van der Waals surface area contributed by atoms with Crippen LogP contribution in [-0.4, -0.2) is 31.4 Å². The van der Waals surface area contributed by atoms with E-state index in [4.69, 9.17) is 4.74 Å². The lowest BCUT2D eigenvalue weighted by Crippen LogP contribution is -2.31. The molecule has 2 rings (SSSR count). The first kappa shape index (κ1) is 19.7. The van der Waals surface area contributed by atoms with Gasteiger partial charge in [-0.25, -0.2) is 0 Å². The molecule has 1 heterocycles. The van der Waals surface area contributed by atoms with Crippen LogP contribution in [0.15, 0.2) is 47.8 Å². The molecule has 2 amide bonds. The number of benzene rings is 1. The standard InChI is InChI=1S/C19H22N2O4S/c1-25-18(23)13-15(16-9-6-12-26-16)21-17(22)10-5-11-20-19(24)14-7-3-2-4-8-14/h2-4,6-9,12,15H,5,10-11,13H2,1H3,(H,20,24)(H,21,22). The predicted molar refractivity (Wildman–Crippen MR) is 99.8 cm³/mol. The first-order valence-corrected chi connectivity index (χ1v) is 9.21. The Kier molecular flexibility index (Phi) is 7.82. The van der Waals surface area contributed by atoms with Crippen LogP contribution >= 0.6 is 11.3 Å². The van der Waals surface area contributed by atoms with Gasteiger partial charge in [-0.3, -0.25) is 14.4 Å². The molecule has 138 valence electrons. The van der Waals surface area contributed by atoms with E-state index in [1.54, 1.807) is 24.3 Å². The van der Waals surface area contributed by atoms with Gasteiger partial charge in [-0.2, -0.15) is 0 Å². The van der Waals surface area contributed by atoms with E-state index in [9.17, 15) is 14.4 Å². The van der Waals surface area contributed by atoms with Gasteiger partial charge >= 0.3 is 5.97 Å². The third-order valence-corrected chi connectivity index (χ3v) is 4.71. The van der Waals surface area contributed by atoms with Crippen molar-refractivity contribution in [1.29, 1.82) is 0 Å². The van der Waals surface area contributed by atoms with E-state index in [1.165, 1.54) is 18.4 Å². The van der Waals surface area contributed by atoms with Crippen molar-refractivity contribution in [1.82, 2.24) is 10.6 Å². The Bertz CT molecular complexity index is 716. The highest BCUT2D eigenvalue weighted by Crippen LogP contribution is 2.22. The summed E-state index contributed by atoms with van der Waals surface area (Å²) in [5, 5.41) is 7.54. The Hall–Kier alpha value is -2.67. The smallest absolute Gasteiger partial charge is 0.307 e. The highest BCUT2D eigenvalue weighted by Gasteiger charge is 2.19. The van der Waals surface area contributed by atoms with Crippen LogP contribution in [0.4, 0.5) is 0 Å². The zero-order valence-electron chi connectivity index (χ0n) is 14.6. The Morgan fingerprint density at radius 2 is 1.88 bits per heavy atom. The Labute approximate surface area is 156 Å². The predicted octanol–water partition coefficient (Wildman–Crippen LogP) is 2.68. The van der Waals surface area contributed by atoms with Crippen LogP contribution in [0.2, 0.25) is 0 Å². The van der Waals surface area contributed by atoms with Gasteiger partial charge < -0.3 is 15.4 Å². The minimum absolute atomic E-state index is 0.0908. The second kappa shape index (κ2) is 10.4. The Morgan fingerprint density at radius 1 is 1.12 bits per heavy atom. The van der Waals surface area contributed by atoms with Gasteiger partial charge in [0.2, 0.25) is 5.91 Å². The highest BCUT2D eigenvalue weighted by atomic mass is 32.1. The highest BCUT2D eigenvalue weighted by molar-refractivity contribution is 7.10. The molecule has 0 radical (unpaired) electrons. The number of hydrogen-bond donors (Lipinski definition) is 2. The summed E-state index contributed by atoms with van der Waals surface area (Å²) in [4.78, 5) is 36.5. The number of carbonyl (C=O) groups is 3. The molecule has 0 bridgehead atoms. The van der Waals surface area contributed by atoms with Gasteiger partial charge in [0, 0.05) is 23.4 Å². The first-order valence-electron chi connectivity index (χ1n) is 8.33. The van der Waals surface area contributed by atoms with E-state index in [2.05, 4.69) is 10.6 Å². The number of methoxy groups -OCH3 is 1. The quantitative estimate of drug-likeness (QED) is 0.522. The van der Waals surface area contributed by atoms with E-state index in [1.807, 2.05) is 23.6 Å². The fourth-order valence-electron chi connectivity index (χ4n) is 2.37. The van der Waals surface area contributed by atoms with Gasteiger partial charge in [-0.05, 0) is 30.0 Å². The maximum Gasteiger partial charge on any atom is 0.307 e. The largest absolute Gasteiger partial charge is 0.469 e. The van der Waals surface area contributed by atoms with Crippen LogP contribution < -0.4 is 10.6 Å². The lowest BCUT2D eigenvalue weighted by Gasteiger charge is -2.16. The molecule has 6 nitrogen and oxygen atoms in total. The SMILES string of the molecule is COC(=O)CC(NC(=O)CCCNC(=O)c1ccccc1)c1cccs1. The van der Waals surface area contributed by atoms with Gasteiger partial charge in [-0.15, -0.1) is 11.3 Å². The summed E-state index contributed by atoms with van der Waals surface area (Å²) >= 11 is 1.48. The summed E-state index contributed by atoms with van der Waals surface area (Å²) in [6.45, 7) is 0.405. The third-order valence-electron chi connectivity index (χ3n) is 3.72. The molecule has 0 aliphatic carbocycles. The number of nitrogens with one attached hydrogen (secondary N) is 2. The molecule has 0 aliphatic rings. The summed E-state index contributed by atoms with van der Waals surface area (Å²) in [5.74, 6) is -0.701. The van der Waals surface area contributed by atoms with Crippen LogP contribution in [0.3, 0.4) is 0 Å². The summed E-state index contributed by atoms with van der Waals surface area (Å²) in [6.07, 6.45) is 0.866. The number of esters is 1. The van der Waals surface area contributed by atoms with E-state index in [0.29, 0.717) is 18.5 Å². The average Bonchev–Trinajstić information content (AvgIpc) is 3.20. The molecule has 0 aliphatic heterocycles. The maximum absolute atomic E-state index is 12.2. The molecule has 0 fully saturated rings. The summed E-state index contributed by atoms with van der Waals surface area (Å²) in [6, 6.07) is 12.3. The summed E-state index contributed by atoms with van der Waals surface area (Å²) < 4.78 is 4.69. The third kappa shape index (κ3) is 6.33. The molecule has 0 spiro atoms. The van der Waals surface area contributed by atoms with Crippen molar-refractivity contribution < 1.29 is 19.1 Å². The maximum atomic E-state index is 12.2. The fourth-order valence-corrected chi connectivity index (χ4v) is 3.15. The zero-order chi connectivity index (χ0) is 18.8. The molecule has 1 unspecified atom stereocenters. The number of hydrogen-bond acceptors (Lipinski definition) is 5.